The van der Waals surface area contributed by atoms with E-state index < -0.39 is 0 Å². The topological polar surface area (TPSA) is 21.7 Å². The first kappa shape index (κ1) is 15.4. The summed E-state index contributed by atoms with van der Waals surface area (Å²) in [6.07, 6.45) is 4.99. The lowest BCUT2D eigenvalue weighted by atomic mass is 9.99. The SMILES string of the molecule is COCCN1C2CCC1CC(Oc1ccc(Cl)c(Cl)c1)C2. The van der Waals surface area contributed by atoms with Crippen molar-refractivity contribution in [2.75, 3.05) is 20.3 Å². The van der Waals surface area contributed by atoms with Gasteiger partial charge in [-0.05, 0) is 37.8 Å². The largest absolute Gasteiger partial charge is 0.490 e. The van der Waals surface area contributed by atoms with Crippen LogP contribution in [-0.4, -0.2) is 43.3 Å². The first-order chi connectivity index (χ1) is 10.2. The van der Waals surface area contributed by atoms with E-state index >= 15 is 0 Å². The summed E-state index contributed by atoms with van der Waals surface area (Å²) in [5.41, 5.74) is 0. The first-order valence-electron chi connectivity index (χ1n) is 7.53. The van der Waals surface area contributed by atoms with Gasteiger partial charge in [0, 0.05) is 31.8 Å². The minimum Gasteiger partial charge on any atom is -0.490 e. The molecule has 2 aliphatic rings. The van der Waals surface area contributed by atoms with Crippen molar-refractivity contribution in [2.45, 2.75) is 43.9 Å². The van der Waals surface area contributed by atoms with E-state index in [4.69, 9.17) is 32.7 Å². The van der Waals surface area contributed by atoms with Crippen molar-refractivity contribution in [3.63, 3.8) is 0 Å². The molecule has 0 N–H and O–H groups in total. The molecule has 2 fully saturated rings. The molecule has 2 saturated heterocycles. The number of benzene rings is 1. The van der Waals surface area contributed by atoms with Crippen LogP contribution in [0.4, 0.5) is 0 Å². The highest BCUT2D eigenvalue weighted by Gasteiger charge is 2.41. The maximum atomic E-state index is 6.12. The average molecular weight is 330 g/mol. The summed E-state index contributed by atoms with van der Waals surface area (Å²) in [5.74, 6) is 0.819. The first-order valence-corrected chi connectivity index (χ1v) is 8.29. The Morgan fingerprint density at radius 2 is 1.86 bits per heavy atom. The molecular weight excluding hydrogens is 309 g/mol. The van der Waals surface area contributed by atoms with E-state index in [-0.39, 0.29) is 6.10 Å². The molecule has 21 heavy (non-hydrogen) atoms. The Morgan fingerprint density at radius 1 is 1.14 bits per heavy atom. The third kappa shape index (κ3) is 3.48. The minimum absolute atomic E-state index is 0.276. The second-order valence-electron chi connectivity index (χ2n) is 5.90. The molecule has 3 nitrogen and oxygen atoms in total. The zero-order chi connectivity index (χ0) is 14.8. The van der Waals surface area contributed by atoms with Gasteiger partial charge in [-0.1, -0.05) is 23.2 Å². The van der Waals surface area contributed by atoms with Crippen molar-refractivity contribution in [3.8, 4) is 5.75 Å². The van der Waals surface area contributed by atoms with Gasteiger partial charge in [-0.2, -0.15) is 0 Å². The summed E-state index contributed by atoms with van der Waals surface area (Å²) in [4.78, 5) is 2.60. The highest BCUT2D eigenvalue weighted by atomic mass is 35.5. The van der Waals surface area contributed by atoms with E-state index in [1.807, 2.05) is 12.1 Å². The Bertz CT molecular complexity index is 483. The number of fused-ring (bicyclic) bond motifs is 2. The zero-order valence-corrected chi connectivity index (χ0v) is 13.7. The number of hydrogen-bond donors (Lipinski definition) is 0. The van der Waals surface area contributed by atoms with Gasteiger partial charge >= 0.3 is 0 Å². The normalized spacial score (nSPS) is 28.8. The third-order valence-electron chi connectivity index (χ3n) is 4.59. The van der Waals surface area contributed by atoms with E-state index in [2.05, 4.69) is 4.90 Å². The van der Waals surface area contributed by atoms with Crippen LogP contribution in [0.25, 0.3) is 0 Å². The van der Waals surface area contributed by atoms with Crippen molar-refractivity contribution < 1.29 is 9.47 Å². The van der Waals surface area contributed by atoms with Gasteiger partial charge in [-0.25, -0.2) is 0 Å². The van der Waals surface area contributed by atoms with Crippen LogP contribution in [0.3, 0.4) is 0 Å². The van der Waals surface area contributed by atoms with Gasteiger partial charge in [0.15, 0.2) is 0 Å². The van der Waals surface area contributed by atoms with Crippen LogP contribution in [-0.2, 0) is 4.74 Å². The molecule has 0 radical (unpaired) electrons. The van der Waals surface area contributed by atoms with Crippen LogP contribution in [0.2, 0.25) is 10.0 Å². The van der Waals surface area contributed by atoms with Crippen molar-refractivity contribution in [1.82, 2.24) is 4.90 Å². The molecule has 3 rings (SSSR count). The Kier molecular flexibility index (Phi) is 4.95. The van der Waals surface area contributed by atoms with Crippen LogP contribution in [0.1, 0.15) is 25.7 Å². The smallest absolute Gasteiger partial charge is 0.121 e. The number of hydrogen-bond acceptors (Lipinski definition) is 3. The highest BCUT2D eigenvalue weighted by molar-refractivity contribution is 6.42. The van der Waals surface area contributed by atoms with Crippen molar-refractivity contribution in [3.05, 3.63) is 28.2 Å². The lowest BCUT2D eigenvalue weighted by molar-refractivity contribution is 0.0331. The number of methoxy groups -OCH3 is 1. The lowest BCUT2D eigenvalue weighted by Crippen LogP contribution is -2.47. The minimum atomic E-state index is 0.276. The van der Waals surface area contributed by atoms with E-state index in [0.717, 1.165) is 31.7 Å². The number of rotatable bonds is 5. The van der Waals surface area contributed by atoms with Crippen LogP contribution in [0.5, 0.6) is 5.75 Å². The van der Waals surface area contributed by atoms with Crippen LogP contribution in [0.15, 0.2) is 18.2 Å². The summed E-state index contributed by atoms with van der Waals surface area (Å²) in [5, 5.41) is 1.12. The van der Waals surface area contributed by atoms with Gasteiger partial charge in [-0.3, -0.25) is 4.90 Å². The fourth-order valence-electron chi connectivity index (χ4n) is 3.62. The predicted molar refractivity (Wildman–Crippen MR) is 85.5 cm³/mol. The molecule has 116 valence electrons. The number of piperidine rings is 1. The van der Waals surface area contributed by atoms with E-state index in [1.165, 1.54) is 12.8 Å². The molecule has 0 amide bonds. The van der Waals surface area contributed by atoms with E-state index in [0.29, 0.717) is 22.1 Å². The lowest BCUT2D eigenvalue weighted by Gasteiger charge is -2.38. The molecular formula is C16H21Cl2NO2. The van der Waals surface area contributed by atoms with Gasteiger partial charge in [0.2, 0.25) is 0 Å². The fourth-order valence-corrected chi connectivity index (χ4v) is 3.91. The fraction of sp³-hybridized carbons (Fsp3) is 0.625. The standard InChI is InChI=1S/C16H21Cl2NO2/c1-20-7-6-19-11-2-3-12(19)9-14(8-11)21-13-4-5-15(17)16(18)10-13/h4-5,10-12,14H,2-3,6-9H2,1H3. The molecule has 2 heterocycles. The van der Waals surface area contributed by atoms with Crippen molar-refractivity contribution >= 4 is 23.2 Å². The summed E-state index contributed by atoms with van der Waals surface area (Å²) in [6, 6.07) is 6.76. The molecule has 1 aromatic carbocycles. The van der Waals surface area contributed by atoms with Crippen molar-refractivity contribution in [2.24, 2.45) is 0 Å². The monoisotopic (exact) mass is 329 g/mol. The molecule has 0 aliphatic carbocycles. The average Bonchev–Trinajstić information content (AvgIpc) is 2.70. The number of halogens is 2. The molecule has 2 aliphatic heterocycles. The molecule has 5 heteroatoms. The summed E-state index contributed by atoms with van der Waals surface area (Å²) in [7, 11) is 1.77. The van der Waals surface area contributed by atoms with Gasteiger partial charge in [0.1, 0.15) is 11.9 Å². The Labute approximate surface area is 136 Å². The number of nitrogens with zero attached hydrogens (tertiary/aromatic N) is 1. The van der Waals surface area contributed by atoms with Crippen molar-refractivity contribution in [1.29, 1.82) is 0 Å². The molecule has 0 aromatic heterocycles. The summed E-state index contributed by atoms with van der Waals surface area (Å²) >= 11 is 12.0. The van der Waals surface area contributed by atoms with E-state index in [1.54, 1.807) is 13.2 Å². The molecule has 2 bridgehead atoms. The van der Waals surface area contributed by atoms with Gasteiger partial charge in [-0.15, -0.1) is 0 Å². The second-order valence-corrected chi connectivity index (χ2v) is 6.72. The molecule has 1 aromatic rings. The molecule has 2 unspecified atom stereocenters. The maximum Gasteiger partial charge on any atom is 0.121 e. The zero-order valence-electron chi connectivity index (χ0n) is 12.2. The van der Waals surface area contributed by atoms with Gasteiger partial charge < -0.3 is 9.47 Å². The van der Waals surface area contributed by atoms with Crippen LogP contribution < -0.4 is 4.74 Å². The van der Waals surface area contributed by atoms with Gasteiger partial charge in [0.05, 0.1) is 16.7 Å². The molecule has 0 saturated carbocycles. The Hall–Kier alpha value is -0.480. The Morgan fingerprint density at radius 3 is 2.48 bits per heavy atom. The number of ether oxygens (including phenoxy) is 2. The summed E-state index contributed by atoms with van der Waals surface area (Å²) < 4.78 is 11.3. The molecule has 2 atom stereocenters. The predicted octanol–water partition coefficient (Wildman–Crippen LogP) is 4.01. The second kappa shape index (κ2) is 6.74. The van der Waals surface area contributed by atoms with Crippen LogP contribution in [0, 0.1) is 0 Å². The third-order valence-corrected chi connectivity index (χ3v) is 5.33. The maximum absolute atomic E-state index is 6.12. The quantitative estimate of drug-likeness (QED) is 0.814. The summed E-state index contributed by atoms with van der Waals surface area (Å²) in [6.45, 7) is 1.84. The van der Waals surface area contributed by atoms with Crippen LogP contribution >= 0.6 is 23.2 Å². The van der Waals surface area contributed by atoms with Gasteiger partial charge in [0.25, 0.3) is 0 Å². The Balaban J connectivity index is 1.61. The molecule has 0 spiro atoms. The van der Waals surface area contributed by atoms with E-state index in [9.17, 15) is 0 Å². The highest BCUT2D eigenvalue weighted by Crippen LogP contribution is 2.37.